The van der Waals surface area contributed by atoms with E-state index in [1.807, 2.05) is 0 Å². The number of carboxylic acids is 1. The maximum absolute atomic E-state index is 12.0. The molecular formula is C12H7BrN2O5S. The number of hydrogen-bond acceptors (Lipinski definition) is 5. The third-order valence-electron chi connectivity index (χ3n) is 2.46. The van der Waals surface area contributed by atoms with Gasteiger partial charge in [-0.2, -0.15) is 0 Å². The molecule has 1 amide bonds. The lowest BCUT2D eigenvalue weighted by Crippen LogP contribution is -2.13. The van der Waals surface area contributed by atoms with Crippen LogP contribution in [0.1, 0.15) is 20.0 Å². The Bertz CT molecular complexity index is 743. The first-order chi connectivity index (χ1) is 9.88. The zero-order valence-corrected chi connectivity index (χ0v) is 12.6. The maximum atomic E-state index is 12.0. The van der Waals surface area contributed by atoms with Crippen LogP contribution in [0.15, 0.2) is 34.8 Å². The number of thiophene rings is 1. The number of halogens is 1. The Labute approximate surface area is 130 Å². The van der Waals surface area contributed by atoms with Gasteiger partial charge in [-0.05, 0) is 24.3 Å². The molecule has 2 N–H and O–H groups in total. The molecule has 0 fully saturated rings. The van der Waals surface area contributed by atoms with Crippen LogP contribution < -0.4 is 5.32 Å². The molecule has 21 heavy (non-hydrogen) atoms. The average molecular weight is 371 g/mol. The first-order valence-corrected chi connectivity index (χ1v) is 7.08. The third kappa shape index (κ3) is 3.44. The monoisotopic (exact) mass is 370 g/mol. The molecule has 0 bridgehead atoms. The van der Waals surface area contributed by atoms with Gasteiger partial charge in [0.05, 0.1) is 21.1 Å². The first kappa shape index (κ1) is 15.1. The summed E-state index contributed by atoms with van der Waals surface area (Å²) < 4.78 is 0.597. The van der Waals surface area contributed by atoms with Gasteiger partial charge in [-0.15, -0.1) is 0 Å². The Balaban J connectivity index is 2.28. The van der Waals surface area contributed by atoms with Gasteiger partial charge in [0.1, 0.15) is 0 Å². The fourth-order valence-corrected chi connectivity index (χ4v) is 2.61. The minimum absolute atomic E-state index is 0.0717. The molecule has 0 aliphatic carbocycles. The Hall–Kier alpha value is -2.26. The molecule has 1 aromatic carbocycles. The highest BCUT2D eigenvalue weighted by atomic mass is 79.9. The summed E-state index contributed by atoms with van der Waals surface area (Å²) >= 11 is 3.90. The number of amides is 1. The summed E-state index contributed by atoms with van der Waals surface area (Å²) in [4.78, 5) is 33.2. The summed E-state index contributed by atoms with van der Waals surface area (Å²) in [5.41, 5.74) is 0.0375. The Morgan fingerprint density at radius 2 is 2.00 bits per heavy atom. The minimum atomic E-state index is -1.19. The topological polar surface area (TPSA) is 110 Å². The summed E-state index contributed by atoms with van der Waals surface area (Å²) in [6.07, 6.45) is 0. The summed E-state index contributed by atoms with van der Waals surface area (Å²) in [7, 11) is 0. The number of rotatable bonds is 4. The summed E-state index contributed by atoms with van der Waals surface area (Å²) in [6, 6.07) is 6.87. The van der Waals surface area contributed by atoms with Crippen molar-refractivity contribution in [3.63, 3.8) is 0 Å². The number of benzene rings is 1. The smallest absolute Gasteiger partial charge is 0.337 e. The number of nitrogens with one attached hydrogen (secondary N) is 1. The largest absolute Gasteiger partial charge is 0.478 e. The van der Waals surface area contributed by atoms with Crippen molar-refractivity contribution in [2.75, 3.05) is 5.32 Å². The van der Waals surface area contributed by atoms with Crippen LogP contribution in [0.25, 0.3) is 0 Å². The fraction of sp³-hybridized carbons (Fsp3) is 0. The minimum Gasteiger partial charge on any atom is -0.478 e. The highest BCUT2D eigenvalue weighted by Gasteiger charge is 2.18. The number of anilines is 1. The van der Waals surface area contributed by atoms with E-state index in [1.54, 1.807) is 0 Å². The van der Waals surface area contributed by atoms with E-state index in [2.05, 4.69) is 21.2 Å². The van der Waals surface area contributed by atoms with Crippen molar-refractivity contribution in [1.82, 2.24) is 0 Å². The molecule has 0 aliphatic rings. The van der Waals surface area contributed by atoms with Crippen molar-refractivity contribution in [3.8, 4) is 0 Å². The highest BCUT2D eigenvalue weighted by Crippen LogP contribution is 2.26. The molecule has 0 radical (unpaired) electrons. The standard InChI is InChI=1S/C12H7BrN2O5S/c13-6-1-2-7(12(17)18)8(5-6)14-11(16)9-3-4-10(21-9)15(19)20/h1-5H,(H,14,16)(H,17,18). The van der Waals surface area contributed by atoms with Gasteiger partial charge in [-0.3, -0.25) is 14.9 Å². The molecule has 0 atom stereocenters. The number of hydrogen-bond donors (Lipinski definition) is 2. The van der Waals surface area contributed by atoms with Crippen LogP contribution in [0.4, 0.5) is 10.7 Å². The number of carbonyl (C=O) groups excluding carboxylic acids is 1. The van der Waals surface area contributed by atoms with Gasteiger partial charge < -0.3 is 10.4 Å². The second-order valence-electron chi connectivity index (χ2n) is 3.84. The number of carbonyl (C=O) groups is 2. The second kappa shape index (κ2) is 6.02. The zero-order chi connectivity index (χ0) is 15.6. The van der Waals surface area contributed by atoms with Gasteiger partial charge in [0.15, 0.2) is 0 Å². The van der Waals surface area contributed by atoms with Crippen molar-refractivity contribution < 1.29 is 19.6 Å². The lowest BCUT2D eigenvalue weighted by Gasteiger charge is -2.07. The van der Waals surface area contributed by atoms with E-state index >= 15 is 0 Å². The highest BCUT2D eigenvalue weighted by molar-refractivity contribution is 9.10. The van der Waals surface area contributed by atoms with E-state index in [-0.39, 0.29) is 21.1 Å². The van der Waals surface area contributed by atoms with Gasteiger partial charge in [-0.1, -0.05) is 27.3 Å². The van der Waals surface area contributed by atoms with E-state index in [0.717, 1.165) is 0 Å². The van der Waals surface area contributed by atoms with Gasteiger partial charge in [0, 0.05) is 10.5 Å². The van der Waals surface area contributed by atoms with Crippen LogP contribution in [0.5, 0.6) is 0 Å². The number of carboxylic acid groups (broad SMARTS) is 1. The van der Waals surface area contributed by atoms with Crippen molar-refractivity contribution in [2.24, 2.45) is 0 Å². The molecule has 108 valence electrons. The molecule has 0 unspecified atom stereocenters. The molecule has 7 nitrogen and oxygen atoms in total. The van der Waals surface area contributed by atoms with Gasteiger partial charge in [-0.25, -0.2) is 4.79 Å². The van der Waals surface area contributed by atoms with Gasteiger partial charge in [0.25, 0.3) is 5.91 Å². The van der Waals surface area contributed by atoms with Crippen LogP contribution in [0.3, 0.4) is 0 Å². The molecule has 2 rings (SSSR count). The van der Waals surface area contributed by atoms with Crippen LogP contribution in [-0.4, -0.2) is 21.9 Å². The molecule has 9 heteroatoms. The van der Waals surface area contributed by atoms with Crippen molar-refractivity contribution in [2.45, 2.75) is 0 Å². The Morgan fingerprint density at radius 3 is 2.57 bits per heavy atom. The predicted octanol–water partition coefficient (Wildman–Crippen LogP) is 3.37. The molecule has 0 spiro atoms. The SMILES string of the molecule is O=C(Nc1cc(Br)ccc1C(=O)O)c1ccc([N+](=O)[O-])s1. The Morgan fingerprint density at radius 1 is 1.29 bits per heavy atom. The fourth-order valence-electron chi connectivity index (χ4n) is 1.54. The van der Waals surface area contributed by atoms with Crippen LogP contribution >= 0.6 is 27.3 Å². The summed E-state index contributed by atoms with van der Waals surface area (Å²) in [6.45, 7) is 0. The Kier molecular flexibility index (Phi) is 4.34. The number of aromatic carboxylic acids is 1. The quantitative estimate of drug-likeness (QED) is 0.633. The summed E-state index contributed by atoms with van der Waals surface area (Å²) in [5, 5.41) is 21.9. The van der Waals surface area contributed by atoms with Gasteiger partial charge in [0.2, 0.25) is 0 Å². The van der Waals surface area contributed by atoms with Crippen LogP contribution in [-0.2, 0) is 0 Å². The molecule has 0 saturated carbocycles. The predicted molar refractivity (Wildman–Crippen MR) is 80.0 cm³/mol. The third-order valence-corrected chi connectivity index (χ3v) is 3.98. The average Bonchev–Trinajstić information content (AvgIpc) is 2.88. The van der Waals surface area contributed by atoms with Crippen LogP contribution in [0.2, 0.25) is 0 Å². The molecule has 1 aromatic heterocycles. The lowest BCUT2D eigenvalue weighted by molar-refractivity contribution is -0.380. The molecule has 0 aliphatic heterocycles. The van der Waals surface area contributed by atoms with E-state index in [0.29, 0.717) is 15.8 Å². The van der Waals surface area contributed by atoms with E-state index in [1.165, 1.54) is 30.3 Å². The second-order valence-corrected chi connectivity index (χ2v) is 5.82. The normalized spacial score (nSPS) is 10.1. The molecule has 2 aromatic rings. The molecular weight excluding hydrogens is 364 g/mol. The van der Waals surface area contributed by atoms with E-state index in [4.69, 9.17) is 5.11 Å². The first-order valence-electron chi connectivity index (χ1n) is 5.47. The number of nitrogens with zero attached hydrogens (tertiary/aromatic N) is 1. The van der Waals surface area contributed by atoms with Gasteiger partial charge >= 0.3 is 11.0 Å². The van der Waals surface area contributed by atoms with Crippen molar-refractivity contribution in [3.05, 3.63) is 55.4 Å². The van der Waals surface area contributed by atoms with E-state index < -0.39 is 16.8 Å². The number of nitro groups is 1. The van der Waals surface area contributed by atoms with E-state index in [9.17, 15) is 19.7 Å². The molecule has 1 heterocycles. The maximum Gasteiger partial charge on any atom is 0.337 e. The zero-order valence-electron chi connectivity index (χ0n) is 10.2. The van der Waals surface area contributed by atoms with Crippen molar-refractivity contribution >= 4 is 49.8 Å². The van der Waals surface area contributed by atoms with Crippen LogP contribution in [0, 0.1) is 10.1 Å². The lowest BCUT2D eigenvalue weighted by atomic mass is 10.2. The summed E-state index contributed by atoms with van der Waals surface area (Å²) in [5.74, 6) is -1.79. The molecule has 0 saturated heterocycles. The van der Waals surface area contributed by atoms with Crippen molar-refractivity contribution in [1.29, 1.82) is 0 Å².